The van der Waals surface area contributed by atoms with Crippen molar-refractivity contribution in [2.24, 2.45) is 0 Å². The molecule has 3 aromatic rings. The Balaban J connectivity index is 1.59. The van der Waals surface area contributed by atoms with Crippen LogP contribution in [0.2, 0.25) is 0 Å². The van der Waals surface area contributed by atoms with Crippen LogP contribution in [0.1, 0.15) is 6.42 Å². The molecule has 1 aliphatic heterocycles. The fourth-order valence-electron chi connectivity index (χ4n) is 3.33. The molecule has 2 aromatic carbocycles. The van der Waals surface area contributed by atoms with E-state index in [1.165, 1.54) is 18.3 Å². The molecular formula is C19H20N4O2S. The van der Waals surface area contributed by atoms with E-state index in [0.29, 0.717) is 5.82 Å². The Morgan fingerprint density at radius 1 is 1.12 bits per heavy atom. The Kier molecular flexibility index (Phi) is 4.24. The minimum absolute atomic E-state index is 0.246. The second-order valence-electron chi connectivity index (χ2n) is 6.58. The first kappa shape index (κ1) is 16.8. The van der Waals surface area contributed by atoms with Crippen LogP contribution in [-0.4, -0.2) is 43.8 Å². The molecule has 1 unspecified atom stereocenters. The lowest BCUT2D eigenvalue weighted by Crippen LogP contribution is -2.26. The molecule has 1 aromatic heterocycles. The molecule has 7 heteroatoms. The van der Waals surface area contributed by atoms with Crippen molar-refractivity contribution >= 4 is 32.2 Å². The van der Waals surface area contributed by atoms with Crippen molar-refractivity contribution in [2.45, 2.75) is 17.4 Å². The normalized spacial score (nSPS) is 17.6. The van der Waals surface area contributed by atoms with E-state index in [9.17, 15) is 8.42 Å². The number of sulfone groups is 1. The average Bonchev–Trinajstić information content (AvgIpc) is 3.10. The molecule has 1 aliphatic rings. The lowest BCUT2D eigenvalue weighted by atomic mass is 10.2. The van der Waals surface area contributed by atoms with Crippen LogP contribution < -0.4 is 10.2 Å². The quantitative estimate of drug-likeness (QED) is 0.763. The fraction of sp³-hybridized carbons (Fsp3) is 0.263. The smallest absolute Gasteiger partial charge is 0.175 e. The van der Waals surface area contributed by atoms with Gasteiger partial charge in [-0.25, -0.2) is 18.4 Å². The van der Waals surface area contributed by atoms with Gasteiger partial charge in [-0.3, -0.25) is 0 Å². The predicted molar refractivity (Wildman–Crippen MR) is 103 cm³/mol. The Labute approximate surface area is 152 Å². The van der Waals surface area contributed by atoms with Crippen LogP contribution in [0.5, 0.6) is 0 Å². The zero-order chi connectivity index (χ0) is 18.1. The number of aromatic nitrogens is 2. The molecule has 4 rings (SSSR count). The molecule has 0 aliphatic carbocycles. The second kappa shape index (κ2) is 6.57. The number of benzene rings is 2. The molecule has 0 bridgehead atoms. The van der Waals surface area contributed by atoms with Crippen LogP contribution in [0.25, 0.3) is 10.9 Å². The summed E-state index contributed by atoms with van der Waals surface area (Å²) in [6.45, 7) is 1.85. The molecule has 0 saturated carbocycles. The highest BCUT2D eigenvalue weighted by Crippen LogP contribution is 2.26. The zero-order valence-electron chi connectivity index (χ0n) is 14.5. The van der Waals surface area contributed by atoms with Crippen molar-refractivity contribution in [3.63, 3.8) is 0 Å². The van der Waals surface area contributed by atoms with Crippen LogP contribution in [-0.2, 0) is 9.84 Å². The van der Waals surface area contributed by atoms with E-state index < -0.39 is 9.84 Å². The van der Waals surface area contributed by atoms with Gasteiger partial charge in [0.25, 0.3) is 0 Å². The predicted octanol–water partition coefficient (Wildman–Crippen LogP) is 2.72. The summed E-state index contributed by atoms with van der Waals surface area (Å²) in [6.07, 6.45) is 3.71. The summed E-state index contributed by atoms with van der Waals surface area (Å²) in [5, 5.41) is 4.20. The zero-order valence-corrected chi connectivity index (χ0v) is 15.3. The summed E-state index contributed by atoms with van der Waals surface area (Å²) in [7, 11) is -3.27. The number of fused-ring (bicyclic) bond motifs is 1. The van der Waals surface area contributed by atoms with Gasteiger partial charge in [0.15, 0.2) is 9.84 Å². The summed E-state index contributed by atoms with van der Waals surface area (Å²) in [4.78, 5) is 11.2. The maximum atomic E-state index is 11.9. The van der Waals surface area contributed by atoms with E-state index in [1.54, 1.807) is 18.2 Å². The van der Waals surface area contributed by atoms with Gasteiger partial charge in [0.05, 0.1) is 10.4 Å². The van der Waals surface area contributed by atoms with Gasteiger partial charge in [-0.1, -0.05) is 18.2 Å². The number of nitrogens with zero attached hydrogens (tertiary/aromatic N) is 3. The average molecular weight is 368 g/mol. The maximum Gasteiger partial charge on any atom is 0.175 e. The van der Waals surface area contributed by atoms with Gasteiger partial charge in [-0.15, -0.1) is 0 Å². The molecule has 6 nitrogen and oxygen atoms in total. The fourth-order valence-corrected chi connectivity index (χ4v) is 3.97. The van der Waals surface area contributed by atoms with E-state index in [4.69, 9.17) is 0 Å². The van der Waals surface area contributed by atoms with Gasteiger partial charge >= 0.3 is 0 Å². The third-order valence-electron chi connectivity index (χ3n) is 4.69. The van der Waals surface area contributed by atoms with E-state index in [1.807, 2.05) is 18.2 Å². The first-order chi connectivity index (χ1) is 12.5. The van der Waals surface area contributed by atoms with Crippen molar-refractivity contribution in [1.29, 1.82) is 0 Å². The van der Waals surface area contributed by atoms with Crippen molar-refractivity contribution in [3.05, 3.63) is 54.9 Å². The number of hydrogen-bond donors (Lipinski definition) is 1. The SMILES string of the molecule is CS(=O)(=O)c1ccc2ncnc(NC3CCN(c4ccccc4)C3)c2c1. The van der Waals surface area contributed by atoms with Crippen LogP contribution in [0.4, 0.5) is 11.5 Å². The molecule has 1 fully saturated rings. The third kappa shape index (κ3) is 3.35. The van der Waals surface area contributed by atoms with Crippen LogP contribution >= 0.6 is 0 Å². The number of hydrogen-bond acceptors (Lipinski definition) is 6. The summed E-state index contributed by atoms with van der Waals surface area (Å²) >= 11 is 0. The Morgan fingerprint density at radius 2 is 1.92 bits per heavy atom. The van der Waals surface area contributed by atoms with Crippen LogP contribution in [0.15, 0.2) is 59.8 Å². The standard InChI is InChI=1S/C19H20N4O2S/c1-26(24,25)16-7-8-18-17(11-16)19(21-13-20-18)22-14-9-10-23(12-14)15-5-3-2-4-6-15/h2-8,11,13-14H,9-10,12H2,1H3,(H,20,21,22). The van der Waals surface area contributed by atoms with Crippen molar-refractivity contribution in [3.8, 4) is 0 Å². The van der Waals surface area contributed by atoms with Crippen LogP contribution in [0, 0.1) is 0 Å². The molecular weight excluding hydrogens is 348 g/mol. The minimum atomic E-state index is -3.27. The summed E-state index contributed by atoms with van der Waals surface area (Å²) in [5.74, 6) is 0.681. The van der Waals surface area contributed by atoms with E-state index in [0.717, 1.165) is 30.4 Å². The summed E-state index contributed by atoms with van der Waals surface area (Å²) < 4.78 is 23.7. The molecule has 1 atom stereocenters. The van der Waals surface area contributed by atoms with Gasteiger partial charge in [-0.2, -0.15) is 0 Å². The Hall–Kier alpha value is -2.67. The molecule has 0 amide bonds. The number of anilines is 2. The minimum Gasteiger partial charge on any atom is -0.369 e. The van der Waals surface area contributed by atoms with E-state index >= 15 is 0 Å². The highest BCUT2D eigenvalue weighted by atomic mass is 32.2. The topological polar surface area (TPSA) is 75.2 Å². The molecule has 26 heavy (non-hydrogen) atoms. The Bertz CT molecular complexity index is 1040. The molecule has 1 N–H and O–H groups in total. The molecule has 2 heterocycles. The van der Waals surface area contributed by atoms with Gasteiger partial charge in [-0.05, 0) is 36.8 Å². The first-order valence-corrected chi connectivity index (χ1v) is 10.4. The van der Waals surface area contributed by atoms with E-state index in [-0.39, 0.29) is 10.9 Å². The van der Waals surface area contributed by atoms with Crippen molar-refractivity contribution in [1.82, 2.24) is 9.97 Å². The summed E-state index contributed by atoms with van der Waals surface area (Å²) in [6, 6.07) is 15.5. The lowest BCUT2D eigenvalue weighted by molar-refractivity contribution is 0.602. The molecule has 0 radical (unpaired) electrons. The largest absolute Gasteiger partial charge is 0.369 e. The van der Waals surface area contributed by atoms with Crippen LogP contribution in [0.3, 0.4) is 0 Å². The number of rotatable bonds is 4. The number of nitrogens with one attached hydrogen (secondary N) is 1. The molecule has 134 valence electrons. The second-order valence-corrected chi connectivity index (χ2v) is 8.60. The van der Waals surface area contributed by atoms with Crippen molar-refractivity contribution < 1.29 is 8.42 Å². The maximum absolute atomic E-state index is 11.9. The van der Waals surface area contributed by atoms with E-state index in [2.05, 4.69) is 32.3 Å². The third-order valence-corrected chi connectivity index (χ3v) is 5.80. The van der Waals surface area contributed by atoms with Gasteiger partial charge in [0.1, 0.15) is 12.1 Å². The van der Waals surface area contributed by atoms with Gasteiger partial charge in [0, 0.05) is 36.5 Å². The number of para-hydroxylation sites is 1. The highest BCUT2D eigenvalue weighted by molar-refractivity contribution is 7.90. The van der Waals surface area contributed by atoms with Gasteiger partial charge < -0.3 is 10.2 Å². The molecule has 1 saturated heterocycles. The lowest BCUT2D eigenvalue weighted by Gasteiger charge is -2.19. The first-order valence-electron chi connectivity index (χ1n) is 8.52. The monoisotopic (exact) mass is 368 g/mol. The molecule has 0 spiro atoms. The van der Waals surface area contributed by atoms with Crippen molar-refractivity contribution in [2.75, 3.05) is 29.6 Å². The summed E-state index contributed by atoms with van der Waals surface area (Å²) in [5.41, 5.74) is 1.94. The van der Waals surface area contributed by atoms with Gasteiger partial charge in [0.2, 0.25) is 0 Å². The highest BCUT2D eigenvalue weighted by Gasteiger charge is 2.23. The Morgan fingerprint density at radius 3 is 2.69 bits per heavy atom.